The van der Waals surface area contributed by atoms with E-state index in [4.69, 9.17) is 11.6 Å². The number of aromatic nitrogens is 1. The van der Waals surface area contributed by atoms with E-state index in [0.717, 1.165) is 24.6 Å². The number of urea groups is 1. The second kappa shape index (κ2) is 6.87. The molecule has 0 bridgehead atoms. The molecule has 2 amide bonds. The van der Waals surface area contributed by atoms with Crippen molar-refractivity contribution >= 4 is 34.8 Å². The fourth-order valence-corrected chi connectivity index (χ4v) is 2.75. The third-order valence-corrected chi connectivity index (χ3v) is 4.10. The molecule has 3 rings (SSSR count). The van der Waals surface area contributed by atoms with Crippen LogP contribution in [0.4, 0.5) is 22.0 Å². The van der Waals surface area contributed by atoms with Gasteiger partial charge in [-0.3, -0.25) is 0 Å². The van der Waals surface area contributed by atoms with E-state index >= 15 is 0 Å². The van der Waals surface area contributed by atoms with Crippen molar-refractivity contribution in [3.8, 4) is 0 Å². The monoisotopic (exact) mass is 330 g/mol. The minimum atomic E-state index is -0.300. The first kappa shape index (κ1) is 15.6. The van der Waals surface area contributed by atoms with Crippen molar-refractivity contribution in [3.63, 3.8) is 0 Å². The zero-order valence-corrected chi connectivity index (χ0v) is 13.7. The maximum Gasteiger partial charge on any atom is 0.323 e. The van der Waals surface area contributed by atoms with Gasteiger partial charge in [0.1, 0.15) is 5.82 Å². The molecule has 0 atom stereocenters. The van der Waals surface area contributed by atoms with Crippen LogP contribution in [0, 0.1) is 6.92 Å². The number of nitrogens with one attached hydrogen (secondary N) is 2. The van der Waals surface area contributed by atoms with Crippen molar-refractivity contribution in [1.29, 1.82) is 0 Å². The van der Waals surface area contributed by atoms with Crippen LogP contribution in [0.3, 0.4) is 0 Å². The van der Waals surface area contributed by atoms with Crippen LogP contribution in [0.5, 0.6) is 0 Å². The van der Waals surface area contributed by atoms with Crippen LogP contribution < -0.4 is 15.5 Å². The highest BCUT2D eigenvalue weighted by Crippen LogP contribution is 2.22. The normalized spacial score (nSPS) is 13.9. The van der Waals surface area contributed by atoms with E-state index in [9.17, 15) is 4.79 Å². The van der Waals surface area contributed by atoms with Crippen LogP contribution in [-0.2, 0) is 0 Å². The number of carbonyl (C=O) groups is 1. The Morgan fingerprint density at radius 3 is 2.43 bits per heavy atom. The molecular weight excluding hydrogens is 312 g/mol. The summed E-state index contributed by atoms with van der Waals surface area (Å²) in [6.07, 6.45) is 2.43. The first-order valence-electron chi connectivity index (χ1n) is 7.68. The Morgan fingerprint density at radius 1 is 1.09 bits per heavy atom. The van der Waals surface area contributed by atoms with Crippen LogP contribution in [0.2, 0.25) is 5.02 Å². The summed E-state index contributed by atoms with van der Waals surface area (Å²) < 4.78 is 0. The van der Waals surface area contributed by atoms with Crippen molar-refractivity contribution in [1.82, 2.24) is 4.98 Å². The van der Waals surface area contributed by atoms with Crippen molar-refractivity contribution < 1.29 is 4.79 Å². The van der Waals surface area contributed by atoms with Gasteiger partial charge in [-0.05, 0) is 56.2 Å². The van der Waals surface area contributed by atoms with Crippen LogP contribution in [0.15, 0.2) is 36.4 Å². The Hall–Kier alpha value is -2.27. The number of benzene rings is 1. The van der Waals surface area contributed by atoms with Crippen LogP contribution in [0.25, 0.3) is 0 Å². The van der Waals surface area contributed by atoms with Crippen molar-refractivity contribution in [3.05, 3.63) is 47.1 Å². The summed E-state index contributed by atoms with van der Waals surface area (Å²) in [5.41, 5.74) is 2.20. The molecule has 6 heteroatoms. The molecule has 120 valence electrons. The summed E-state index contributed by atoms with van der Waals surface area (Å²) in [5.74, 6) is 0.976. The lowest BCUT2D eigenvalue weighted by Crippen LogP contribution is -2.22. The highest BCUT2D eigenvalue weighted by atomic mass is 35.5. The maximum absolute atomic E-state index is 12.1. The quantitative estimate of drug-likeness (QED) is 0.882. The van der Waals surface area contributed by atoms with E-state index in [1.807, 2.05) is 19.1 Å². The summed E-state index contributed by atoms with van der Waals surface area (Å²) in [5, 5.41) is 6.23. The molecule has 0 saturated carbocycles. The van der Waals surface area contributed by atoms with Gasteiger partial charge in [0.05, 0.1) is 11.4 Å². The molecule has 1 aromatic heterocycles. The molecule has 0 aliphatic carbocycles. The first-order chi connectivity index (χ1) is 11.1. The van der Waals surface area contributed by atoms with Gasteiger partial charge in [0.15, 0.2) is 0 Å². The molecule has 5 nitrogen and oxygen atoms in total. The average molecular weight is 331 g/mol. The number of pyridine rings is 1. The van der Waals surface area contributed by atoms with E-state index in [2.05, 4.69) is 20.5 Å². The molecular formula is C17H19ClN4O. The third-order valence-electron chi connectivity index (χ3n) is 3.85. The van der Waals surface area contributed by atoms with Crippen LogP contribution in [0.1, 0.15) is 18.5 Å². The summed E-state index contributed by atoms with van der Waals surface area (Å²) in [7, 11) is 0. The highest BCUT2D eigenvalue weighted by molar-refractivity contribution is 6.30. The number of hydrogen-bond donors (Lipinski definition) is 2. The SMILES string of the molecule is Cc1nc(N2CCCC2)ccc1NC(=O)Nc1ccc(Cl)cc1. The minimum Gasteiger partial charge on any atom is -0.357 e. The average Bonchev–Trinajstić information content (AvgIpc) is 3.06. The van der Waals surface area contributed by atoms with Gasteiger partial charge < -0.3 is 15.5 Å². The first-order valence-corrected chi connectivity index (χ1v) is 8.06. The molecule has 0 radical (unpaired) electrons. The fourth-order valence-electron chi connectivity index (χ4n) is 2.62. The lowest BCUT2D eigenvalue weighted by Gasteiger charge is -2.18. The number of halogens is 1. The molecule has 1 saturated heterocycles. The number of aryl methyl sites for hydroxylation is 1. The maximum atomic E-state index is 12.1. The second-order valence-corrected chi connectivity index (χ2v) is 6.02. The number of nitrogens with zero attached hydrogens (tertiary/aromatic N) is 2. The molecule has 1 aromatic carbocycles. The predicted molar refractivity (Wildman–Crippen MR) is 94.5 cm³/mol. The standard InChI is InChI=1S/C17H19ClN4O/c1-12-15(8-9-16(19-12)22-10-2-3-11-22)21-17(23)20-14-6-4-13(18)5-7-14/h4-9H,2-3,10-11H2,1H3,(H2,20,21,23). The molecule has 0 spiro atoms. The van der Waals surface area contributed by atoms with E-state index in [1.165, 1.54) is 12.8 Å². The third kappa shape index (κ3) is 3.93. The highest BCUT2D eigenvalue weighted by Gasteiger charge is 2.15. The van der Waals surface area contributed by atoms with Gasteiger partial charge in [-0.2, -0.15) is 0 Å². The number of rotatable bonds is 3. The summed E-state index contributed by atoms with van der Waals surface area (Å²) >= 11 is 5.83. The molecule has 2 N–H and O–H groups in total. The Morgan fingerprint density at radius 2 is 1.78 bits per heavy atom. The Labute approximate surface area is 140 Å². The molecule has 2 aromatic rings. The molecule has 1 aliphatic heterocycles. The van der Waals surface area contributed by atoms with Gasteiger partial charge in [0, 0.05) is 23.8 Å². The van der Waals surface area contributed by atoms with Gasteiger partial charge in [-0.15, -0.1) is 0 Å². The Bertz CT molecular complexity index is 696. The number of hydrogen-bond acceptors (Lipinski definition) is 3. The molecule has 1 aliphatic rings. The number of carbonyl (C=O) groups excluding carboxylic acids is 1. The lowest BCUT2D eigenvalue weighted by molar-refractivity contribution is 0.262. The minimum absolute atomic E-state index is 0.300. The number of amides is 2. The summed E-state index contributed by atoms with van der Waals surface area (Å²) in [6.45, 7) is 4.00. The number of anilines is 3. The summed E-state index contributed by atoms with van der Waals surface area (Å²) in [4.78, 5) is 18.9. The van der Waals surface area contributed by atoms with Gasteiger partial charge in [0.25, 0.3) is 0 Å². The summed E-state index contributed by atoms with van der Waals surface area (Å²) in [6, 6.07) is 10.5. The Balaban J connectivity index is 1.64. The largest absolute Gasteiger partial charge is 0.357 e. The zero-order valence-electron chi connectivity index (χ0n) is 13.0. The predicted octanol–water partition coefficient (Wildman–Crippen LogP) is 4.29. The van der Waals surface area contributed by atoms with Gasteiger partial charge in [-0.25, -0.2) is 9.78 Å². The smallest absolute Gasteiger partial charge is 0.323 e. The fraction of sp³-hybridized carbons (Fsp3) is 0.294. The second-order valence-electron chi connectivity index (χ2n) is 5.58. The van der Waals surface area contributed by atoms with Crippen molar-refractivity contribution in [2.45, 2.75) is 19.8 Å². The van der Waals surface area contributed by atoms with Gasteiger partial charge in [0.2, 0.25) is 0 Å². The zero-order chi connectivity index (χ0) is 16.2. The molecule has 23 heavy (non-hydrogen) atoms. The Kier molecular flexibility index (Phi) is 4.67. The lowest BCUT2D eigenvalue weighted by atomic mass is 10.3. The van der Waals surface area contributed by atoms with Crippen molar-refractivity contribution in [2.75, 3.05) is 28.6 Å². The molecule has 0 unspecified atom stereocenters. The van der Waals surface area contributed by atoms with Crippen LogP contribution >= 0.6 is 11.6 Å². The van der Waals surface area contributed by atoms with Gasteiger partial charge in [-0.1, -0.05) is 11.6 Å². The van der Waals surface area contributed by atoms with Gasteiger partial charge >= 0.3 is 6.03 Å². The molecule has 1 fully saturated rings. The van der Waals surface area contributed by atoms with Crippen LogP contribution in [-0.4, -0.2) is 24.1 Å². The van der Waals surface area contributed by atoms with E-state index in [0.29, 0.717) is 16.4 Å². The topological polar surface area (TPSA) is 57.3 Å². The van der Waals surface area contributed by atoms with E-state index in [-0.39, 0.29) is 6.03 Å². The van der Waals surface area contributed by atoms with E-state index in [1.54, 1.807) is 24.3 Å². The molecule has 2 heterocycles. The van der Waals surface area contributed by atoms with Crippen molar-refractivity contribution in [2.24, 2.45) is 0 Å². The van der Waals surface area contributed by atoms with E-state index < -0.39 is 0 Å².